The van der Waals surface area contributed by atoms with Crippen molar-refractivity contribution in [2.24, 2.45) is 0 Å². The zero-order chi connectivity index (χ0) is 24.1. The Labute approximate surface area is 200 Å². The van der Waals surface area contributed by atoms with Crippen LogP contribution in [0.1, 0.15) is 36.5 Å². The van der Waals surface area contributed by atoms with Crippen LogP contribution in [0.2, 0.25) is 0 Å². The maximum absolute atomic E-state index is 13.0. The fourth-order valence-corrected chi connectivity index (χ4v) is 4.27. The molecule has 0 fully saturated rings. The van der Waals surface area contributed by atoms with Gasteiger partial charge in [-0.15, -0.1) is 0 Å². The van der Waals surface area contributed by atoms with E-state index in [0.717, 1.165) is 16.7 Å². The van der Waals surface area contributed by atoms with Crippen molar-refractivity contribution >= 4 is 15.8 Å². The second-order valence-electron chi connectivity index (χ2n) is 8.25. The molecule has 1 N–H and O–H groups in total. The monoisotopic (exact) mass is 474 g/mol. The summed E-state index contributed by atoms with van der Waals surface area (Å²) in [7, 11) is -3.87. The molecule has 2 aromatic heterocycles. The van der Waals surface area contributed by atoms with Gasteiger partial charge in [0.05, 0.1) is 16.8 Å². The van der Waals surface area contributed by atoms with E-state index in [0.29, 0.717) is 11.6 Å². The van der Waals surface area contributed by atoms with Gasteiger partial charge in [-0.1, -0.05) is 61.9 Å². The lowest BCUT2D eigenvalue weighted by Gasteiger charge is -2.14. The Balaban J connectivity index is 1.67. The molecule has 7 nitrogen and oxygen atoms in total. The van der Waals surface area contributed by atoms with Gasteiger partial charge < -0.3 is 4.74 Å². The zero-order valence-electron chi connectivity index (χ0n) is 19.3. The van der Waals surface area contributed by atoms with Crippen LogP contribution in [0, 0.1) is 6.92 Å². The molecule has 34 heavy (non-hydrogen) atoms. The van der Waals surface area contributed by atoms with Crippen LogP contribution in [0.5, 0.6) is 5.88 Å². The first-order chi connectivity index (χ1) is 16.3. The number of aryl methyl sites for hydroxylation is 1. The summed E-state index contributed by atoms with van der Waals surface area (Å²) in [6.07, 6.45) is 4.89. The quantitative estimate of drug-likeness (QED) is 0.370. The topological polar surface area (TPSA) is 94.1 Å². The van der Waals surface area contributed by atoms with Crippen LogP contribution >= 0.6 is 0 Å². The molecule has 0 aliphatic carbocycles. The second-order valence-corrected chi connectivity index (χ2v) is 9.94. The molecule has 174 valence electrons. The molecular weight excluding hydrogens is 448 g/mol. The molecule has 0 amide bonds. The van der Waals surface area contributed by atoms with E-state index in [4.69, 9.17) is 4.74 Å². The van der Waals surface area contributed by atoms with E-state index in [1.54, 1.807) is 42.7 Å². The molecule has 0 saturated heterocycles. The molecule has 0 saturated carbocycles. The van der Waals surface area contributed by atoms with Gasteiger partial charge in [0.15, 0.2) is 0 Å². The number of nitrogens with one attached hydrogen (secondary N) is 1. The lowest BCUT2D eigenvalue weighted by molar-refractivity contribution is 0.294. The lowest BCUT2D eigenvalue weighted by atomic mass is 10.0. The fraction of sp³-hybridized carbons (Fsp3) is 0.192. The van der Waals surface area contributed by atoms with Crippen LogP contribution in [0.4, 0.5) is 5.82 Å². The molecule has 0 aliphatic rings. The SMILES string of the molecule is Cc1ccc(S(=O)(=O)Nc2ncc(-c3ccc(C(C)C)cc3)nc2OCc2cccnc2)cc1. The van der Waals surface area contributed by atoms with Gasteiger partial charge in [-0.2, -0.15) is 0 Å². The van der Waals surface area contributed by atoms with Gasteiger partial charge in [-0.25, -0.2) is 18.4 Å². The van der Waals surface area contributed by atoms with Gasteiger partial charge in [-0.3, -0.25) is 9.71 Å². The molecule has 0 radical (unpaired) electrons. The van der Waals surface area contributed by atoms with Crippen molar-refractivity contribution in [3.8, 4) is 17.1 Å². The largest absolute Gasteiger partial charge is 0.470 e. The molecule has 0 bridgehead atoms. The molecule has 0 aliphatic heterocycles. The summed E-state index contributed by atoms with van der Waals surface area (Å²) in [6, 6.07) is 18.3. The summed E-state index contributed by atoms with van der Waals surface area (Å²) in [5.74, 6) is 0.522. The molecule has 0 spiro atoms. The number of hydrogen-bond donors (Lipinski definition) is 1. The third-order valence-corrected chi connectivity index (χ3v) is 6.63. The Kier molecular flexibility index (Phi) is 6.88. The first-order valence-corrected chi connectivity index (χ1v) is 12.4. The van der Waals surface area contributed by atoms with Crippen molar-refractivity contribution in [1.29, 1.82) is 0 Å². The number of sulfonamides is 1. The minimum Gasteiger partial charge on any atom is -0.470 e. The first-order valence-electron chi connectivity index (χ1n) is 10.9. The maximum atomic E-state index is 13.0. The van der Waals surface area contributed by atoms with Gasteiger partial charge in [0.25, 0.3) is 15.9 Å². The van der Waals surface area contributed by atoms with E-state index in [9.17, 15) is 8.42 Å². The Morgan fingerprint density at radius 1 is 0.971 bits per heavy atom. The van der Waals surface area contributed by atoms with Gasteiger partial charge in [0.2, 0.25) is 5.82 Å². The average Bonchev–Trinajstić information content (AvgIpc) is 2.84. The van der Waals surface area contributed by atoms with Crippen LogP contribution in [0.25, 0.3) is 11.3 Å². The summed E-state index contributed by atoms with van der Waals surface area (Å²) in [5.41, 5.74) is 4.44. The van der Waals surface area contributed by atoms with Crippen molar-refractivity contribution in [2.45, 2.75) is 38.2 Å². The number of hydrogen-bond acceptors (Lipinski definition) is 6. The van der Waals surface area contributed by atoms with Gasteiger partial charge >= 0.3 is 0 Å². The minimum absolute atomic E-state index is 0.0204. The molecule has 2 heterocycles. The molecule has 4 rings (SSSR count). The third-order valence-electron chi connectivity index (χ3n) is 5.27. The number of anilines is 1. The lowest BCUT2D eigenvalue weighted by Crippen LogP contribution is -2.15. The fourth-order valence-electron chi connectivity index (χ4n) is 3.26. The van der Waals surface area contributed by atoms with Crippen molar-refractivity contribution < 1.29 is 13.2 Å². The Morgan fingerprint density at radius 3 is 2.35 bits per heavy atom. The van der Waals surface area contributed by atoms with E-state index in [-0.39, 0.29) is 23.2 Å². The van der Waals surface area contributed by atoms with Crippen LogP contribution in [-0.2, 0) is 16.6 Å². The highest BCUT2D eigenvalue weighted by molar-refractivity contribution is 7.92. The van der Waals surface area contributed by atoms with Crippen molar-refractivity contribution in [3.63, 3.8) is 0 Å². The highest BCUT2D eigenvalue weighted by Gasteiger charge is 2.20. The maximum Gasteiger partial charge on any atom is 0.263 e. The summed E-state index contributed by atoms with van der Waals surface area (Å²) >= 11 is 0. The Hall–Kier alpha value is -3.78. The predicted molar refractivity (Wildman–Crippen MR) is 132 cm³/mol. The molecule has 4 aromatic rings. The molecule has 8 heteroatoms. The summed E-state index contributed by atoms with van der Waals surface area (Å²) in [5, 5.41) is 0. The Morgan fingerprint density at radius 2 is 1.71 bits per heavy atom. The number of nitrogens with zero attached hydrogens (tertiary/aromatic N) is 3. The summed E-state index contributed by atoms with van der Waals surface area (Å²) in [6.45, 7) is 6.33. The number of pyridine rings is 1. The van der Waals surface area contributed by atoms with Crippen LogP contribution in [0.3, 0.4) is 0 Å². The van der Waals surface area contributed by atoms with Crippen LogP contribution in [0.15, 0.2) is 84.1 Å². The van der Waals surface area contributed by atoms with E-state index < -0.39 is 10.0 Å². The van der Waals surface area contributed by atoms with Gasteiger partial charge in [-0.05, 0) is 36.6 Å². The van der Waals surface area contributed by atoms with E-state index >= 15 is 0 Å². The van der Waals surface area contributed by atoms with E-state index in [1.165, 1.54) is 11.8 Å². The number of rotatable bonds is 8. The predicted octanol–water partition coefficient (Wildman–Crippen LogP) is 5.35. The third kappa shape index (κ3) is 5.58. The number of benzene rings is 2. The van der Waals surface area contributed by atoms with Crippen molar-refractivity contribution in [3.05, 3.63) is 95.9 Å². The molecule has 0 unspecified atom stereocenters. The molecular formula is C26H26N4O3S. The van der Waals surface area contributed by atoms with Crippen LogP contribution < -0.4 is 9.46 Å². The molecule has 2 aromatic carbocycles. The molecule has 0 atom stereocenters. The first kappa shape index (κ1) is 23.4. The van der Waals surface area contributed by atoms with Gasteiger partial charge in [0, 0.05) is 23.5 Å². The summed E-state index contributed by atoms with van der Waals surface area (Å²) < 4.78 is 34.3. The van der Waals surface area contributed by atoms with E-state index in [1.807, 2.05) is 37.3 Å². The van der Waals surface area contributed by atoms with Gasteiger partial charge in [0.1, 0.15) is 6.61 Å². The van der Waals surface area contributed by atoms with Crippen molar-refractivity contribution in [1.82, 2.24) is 15.0 Å². The zero-order valence-corrected chi connectivity index (χ0v) is 20.1. The summed E-state index contributed by atoms with van der Waals surface area (Å²) in [4.78, 5) is 13.2. The highest BCUT2D eigenvalue weighted by atomic mass is 32.2. The average molecular weight is 475 g/mol. The minimum atomic E-state index is -3.87. The standard InChI is InChI=1S/C26H26N4O3S/c1-18(2)21-8-10-22(11-9-21)24-16-28-25(26(29-24)33-17-20-5-4-14-27-15-20)30-34(31,32)23-12-6-19(3)7-13-23/h4-16,18H,17H2,1-3H3,(H,28,30). The van der Waals surface area contributed by atoms with Crippen molar-refractivity contribution in [2.75, 3.05) is 4.72 Å². The number of aromatic nitrogens is 3. The highest BCUT2D eigenvalue weighted by Crippen LogP contribution is 2.28. The smallest absolute Gasteiger partial charge is 0.263 e. The van der Waals surface area contributed by atoms with Crippen LogP contribution in [-0.4, -0.2) is 23.4 Å². The number of ether oxygens (including phenoxy) is 1. The Bertz CT molecular complexity index is 1360. The normalized spacial score (nSPS) is 11.4. The second kappa shape index (κ2) is 10.0. The van der Waals surface area contributed by atoms with E-state index in [2.05, 4.69) is 33.5 Å².